The molecule has 1 heterocycles. The molecule has 2 rings (SSSR count). The standard InChI is InChI=1S/C18H24Cl2N2O4/c1-18(2,3)26-16(23)21-15-4-6-22(7-5-15)17(24)25-11-12-8-13(19)10-14(20)9-12/h8-10,15H,4-7,11H2,1-3H3,(H,21,23). The maximum absolute atomic E-state index is 12.2. The lowest BCUT2D eigenvalue weighted by Gasteiger charge is -2.32. The molecule has 1 aromatic carbocycles. The summed E-state index contributed by atoms with van der Waals surface area (Å²) in [6.45, 7) is 6.58. The molecule has 1 aliphatic rings. The first-order valence-corrected chi connectivity index (χ1v) is 9.24. The fourth-order valence-electron chi connectivity index (χ4n) is 2.61. The number of carbonyl (C=O) groups excluding carboxylic acids is 2. The fraction of sp³-hybridized carbons (Fsp3) is 0.556. The summed E-state index contributed by atoms with van der Waals surface area (Å²) in [5.74, 6) is 0. The Hall–Kier alpha value is -1.66. The zero-order valence-corrected chi connectivity index (χ0v) is 16.7. The van der Waals surface area contributed by atoms with Crippen LogP contribution < -0.4 is 5.32 Å². The van der Waals surface area contributed by atoms with Gasteiger partial charge in [0.25, 0.3) is 0 Å². The summed E-state index contributed by atoms with van der Waals surface area (Å²) in [4.78, 5) is 25.6. The minimum Gasteiger partial charge on any atom is -0.445 e. The van der Waals surface area contributed by atoms with Gasteiger partial charge in [0.05, 0.1) is 0 Å². The number of likely N-dealkylation sites (tertiary alicyclic amines) is 1. The van der Waals surface area contributed by atoms with E-state index >= 15 is 0 Å². The van der Waals surface area contributed by atoms with Gasteiger partial charge in [-0.1, -0.05) is 23.2 Å². The summed E-state index contributed by atoms with van der Waals surface area (Å²) in [6.07, 6.45) is 0.475. The summed E-state index contributed by atoms with van der Waals surface area (Å²) in [5, 5.41) is 3.83. The molecule has 1 fully saturated rings. The van der Waals surface area contributed by atoms with Crippen LogP contribution in [0.1, 0.15) is 39.2 Å². The van der Waals surface area contributed by atoms with Crippen LogP contribution in [0.2, 0.25) is 10.0 Å². The Balaban J connectivity index is 1.75. The molecular formula is C18H24Cl2N2O4. The molecule has 0 unspecified atom stereocenters. The number of hydrogen-bond donors (Lipinski definition) is 1. The van der Waals surface area contributed by atoms with Crippen molar-refractivity contribution in [2.75, 3.05) is 13.1 Å². The monoisotopic (exact) mass is 402 g/mol. The Morgan fingerprint density at radius 3 is 2.27 bits per heavy atom. The largest absolute Gasteiger partial charge is 0.445 e. The van der Waals surface area contributed by atoms with E-state index in [1.54, 1.807) is 23.1 Å². The highest BCUT2D eigenvalue weighted by atomic mass is 35.5. The minimum atomic E-state index is -0.530. The van der Waals surface area contributed by atoms with Crippen LogP contribution in [0.15, 0.2) is 18.2 Å². The molecule has 1 aromatic rings. The number of nitrogens with one attached hydrogen (secondary N) is 1. The number of piperidine rings is 1. The van der Waals surface area contributed by atoms with Gasteiger partial charge >= 0.3 is 12.2 Å². The smallest absolute Gasteiger partial charge is 0.410 e. The van der Waals surface area contributed by atoms with Crippen LogP contribution in [0.4, 0.5) is 9.59 Å². The van der Waals surface area contributed by atoms with Crippen molar-refractivity contribution < 1.29 is 19.1 Å². The lowest BCUT2D eigenvalue weighted by Crippen LogP contribution is -2.47. The molecule has 1 aliphatic heterocycles. The summed E-state index contributed by atoms with van der Waals surface area (Å²) in [7, 11) is 0. The molecule has 0 saturated carbocycles. The van der Waals surface area contributed by atoms with E-state index in [0.717, 1.165) is 5.56 Å². The highest BCUT2D eigenvalue weighted by Crippen LogP contribution is 2.20. The van der Waals surface area contributed by atoms with Crippen LogP contribution in [0.25, 0.3) is 0 Å². The van der Waals surface area contributed by atoms with E-state index < -0.39 is 17.8 Å². The molecule has 8 heteroatoms. The molecule has 0 atom stereocenters. The Kier molecular flexibility index (Phi) is 7.01. The molecule has 2 amide bonds. The third-order valence-corrected chi connectivity index (χ3v) is 4.20. The summed E-state index contributed by atoms with van der Waals surface area (Å²) < 4.78 is 10.6. The van der Waals surface area contributed by atoms with Gasteiger partial charge in [-0.3, -0.25) is 0 Å². The average Bonchev–Trinajstić information content (AvgIpc) is 2.50. The third kappa shape index (κ3) is 6.92. The zero-order valence-electron chi connectivity index (χ0n) is 15.2. The highest BCUT2D eigenvalue weighted by molar-refractivity contribution is 6.34. The van der Waals surface area contributed by atoms with Crippen molar-refractivity contribution >= 4 is 35.4 Å². The first-order chi connectivity index (χ1) is 12.1. The normalized spacial score (nSPS) is 15.5. The van der Waals surface area contributed by atoms with Crippen molar-refractivity contribution in [3.05, 3.63) is 33.8 Å². The van der Waals surface area contributed by atoms with Gasteiger partial charge in [0.2, 0.25) is 0 Å². The molecule has 1 saturated heterocycles. The zero-order chi connectivity index (χ0) is 19.3. The van der Waals surface area contributed by atoms with Crippen LogP contribution in [0.3, 0.4) is 0 Å². The van der Waals surface area contributed by atoms with Crippen LogP contribution >= 0.6 is 23.2 Å². The minimum absolute atomic E-state index is 0.0133. The van der Waals surface area contributed by atoms with Gasteiger partial charge in [-0.2, -0.15) is 0 Å². The molecule has 0 aliphatic carbocycles. The lowest BCUT2D eigenvalue weighted by molar-refractivity contribution is 0.0471. The number of carbonyl (C=O) groups is 2. The van der Waals surface area contributed by atoms with Crippen molar-refractivity contribution in [3.8, 4) is 0 Å². The van der Waals surface area contributed by atoms with Crippen LogP contribution in [-0.4, -0.2) is 41.8 Å². The van der Waals surface area contributed by atoms with Crippen LogP contribution in [-0.2, 0) is 16.1 Å². The van der Waals surface area contributed by atoms with Gasteiger partial charge in [-0.25, -0.2) is 9.59 Å². The Labute approximate surface area is 163 Å². The van der Waals surface area contributed by atoms with E-state index in [1.165, 1.54) is 0 Å². The number of rotatable bonds is 3. The Bertz CT molecular complexity index is 633. The van der Waals surface area contributed by atoms with E-state index in [1.807, 2.05) is 20.8 Å². The molecular weight excluding hydrogens is 379 g/mol. The predicted molar refractivity (Wildman–Crippen MR) is 101 cm³/mol. The fourth-order valence-corrected chi connectivity index (χ4v) is 3.18. The predicted octanol–water partition coefficient (Wildman–Crippen LogP) is 4.62. The molecule has 0 spiro atoms. The Morgan fingerprint density at radius 1 is 1.15 bits per heavy atom. The van der Waals surface area contributed by atoms with Gasteiger partial charge in [-0.05, 0) is 57.4 Å². The van der Waals surface area contributed by atoms with Crippen molar-refractivity contribution in [1.29, 1.82) is 0 Å². The molecule has 0 bridgehead atoms. The lowest BCUT2D eigenvalue weighted by atomic mass is 10.1. The molecule has 26 heavy (non-hydrogen) atoms. The van der Waals surface area contributed by atoms with Crippen molar-refractivity contribution in [1.82, 2.24) is 10.2 Å². The Morgan fingerprint density at radius 2 is 1.73 bits per heavy atom. The van der Waals surface area contributed by atoms with E-state index in [0.29, 0.717) is 36.0 Å². The van der Waals surface area contributed by atoms with E-state index in [9.17, 15) is 9.59 Å². The van der Waals surface area contributed by atoms with Gasteiger partial charge < -0.3 is 19.7 Å². The SMILES string of the molecule is CC(C)(C)OC(=O)NC1CCN(C(=O)OCc2cc(Cl)cc(Cl)c2)CC1. The van der Waals surface area contributed by atoms with E-state index in [4.69, 9.17) is 32.7 Å². The summed E-state index contributed by atoms with van der Waals surface area (Å²) in [5.41, 5.74) is 0.204. The second-order valence-electron chi connectivity index (χ2n) is 7.24. The molecule has 0 radical (unpaired) electrons. The van der Waals surface area contributed by atoms with Gasteiger partial charge in [0.1, 0.15) is 12.2 Å². The first-order valence-electron chi connectivity index (χ1n) is 8.48. The third-order valence-electron chi connectivity index (χ3n) is 3.76. The van der Waals surface area contributed by atoms with Gasteiger partial charge in [0.15, 0.2) is 0 Å². The maximum Gasteiger partial charge on any atom is 0.410 e. The summed E-state index contributed by atoms with van der Waals surface area (Å²) in [6, 6.07) is 5.02. The topological polar surface area (TPSA) is 67.9 Å². The second-order valence-corrected chi connectivity index (χ2v) is 8.11. The highest BCUT2D eigenvalue weighted by Gasteiger charge is 2.26. The molecule has 144 valence electrons. The molecule has 0 aromatic heterocycles. The molecule has 1 N–H and O–H groups in total. The van der Waals surface area contributed by atoms with Crippen molar-refractivity contribution in [2.24, 2.45) is 0 Å². The molecule has 6 nitrogen and oxygen atoms in total. The number of hydrogen-bond acceptors (Lipinski definition) is 4. The average molecular weight is 403 g/mol. The second kappa shape index (κ2) is 8.82. The van der Waals surface area contributed by atoms with Crippen LogP contribution in [0, 0.1) is 0 Å². The number of halogens is 2. The van der Waals surface area contributed by atoms with E-state index in [2.05, 4.69) is 5.32 Å². The maximum atomic E-state index is 12.2. The number of amides is 2. The van der Waals surface area contributed by atoms with Gasteiger partial charge in [-0.15, -0.1) is 0 Å². The van der Waals surface area contributed by atoms with Gasteiger partial charge in [0, 0.05) is 29.2 Å². The van der Waals surface area contributed by atoms with E-state index in [-0.39, 0.29) is 12.6 Å². The first kappa shape index (κ1) is 20.6. The number of nitrogens with zero attached hydrogens (tertiary/aromatic N) is 1. The van der Waals surface area contributed by atoms with Crippen molar-refractivity contribution in [3.63, 3.8) is 0 Å². The number of benzene rings is 1. The number of alkyl carbamates (subject to hydrolysis) is 1. The number of ether oxygens (including phenoxy) is 2. The van der Waals surface area contributed by atoms with Crippen molar-refractivity contribution in [2.45, 2.75) is 51.9 Å². The quantitative estimate of drug-likeness (QED) is 0.800. The van der Waals surface area contributed by atoms with Crippen LogP contribution in [0.5, 0.6) is 0 Å². The summed E-state index contributed by atoms with van der Waals surface area (Å²) >= 11 is 11.9.